The number of hydrogen-bond acceptors (Lipinski definition) is 8. The highest BCUT2D eigenvalue weighted by molar-refractivity contribution is 7.93. The second-order valence-electron chi connectivity index (χ2n) is 4.94. The van der Waals surface area contributed by atoms with Crippen molar-refractivity contribution in [1.82, 2.24) is 10.2 Å². The van der Waals surface area contributed by atoms with Crippen LogP contribution in [0.25, 0.3) is 0 Å². The van der Waals surface area contributed by atoms with E-state index in [1.807, 2.05) is 11.9 Å². The monoisotopic (exact) mass is 356 g/mol. The number of ether oxygens (including phenoxy) is 2. The molecule has 0 unspecified atom stereocenters. The third-order valence-electron chi connectivity index (χ3n) is 3.29. The molecule has 10 heteroatoms. The van der Waals surface area contributed by atoms with Crippen LogP contribution in [0.3, 0.4) is 0 Å². The summed E-state index contributed by atoms with van der Waals surface area (Å²) in [4.78, 5) is 2.11. The second kappa shape index (κ2) is 6.30. The van der Waals surface area contributed by atoms with Gasteiger partial charge in [-0.3, -0.25) is 4.72 Å². The molecular weight excluding hydrogens is 340 g/mol. The first-order chi connectivity index (χ1) is 11.0. The summed E-state index contributed by atoms with van der Waals surface area (Å²) in [7, 11) is -0.303. The van der Waals surface area contributed by atoms with Gasteiger partial charge in [-0.05, 0) is 18.2 Å². The minimum absolute atomic E-state index is 0.150. The molecule has 23 heavy (non-hydrogen) atoms. The van der Waals surface area contributed by atoms with Crippen molar-refractivity contribution in [2.75, 3.05) is 36.9 Å². The highest BCUT2D eigenvalue weighted by Crippen LogP contribution is 2.33. The third kappa shape index (κ3) is 3.38. The number of rotatable bonds is 5. The van der Waals surface area contributed by atoms with E-state index in [0.717, 1.165) is 17.0 Å². The Balaban J connectivity index is 1.85. The predicted octanol–water partition coefficient (Wildman–Crippen LogP) is 1.31. The molecule has 2 heterocycles. The smallest absolute Gasteiger partial charge is 0.263 e. The fourth-order valence-corrected chi connectivity index (χ4v) is 4.11. The van der Waals surface area contributed by atoms with E-state index in [2.05, 4.69) is 14.9 Å². The molecule has 0 fully saturated rings. The fraction of sp³-hybridized carbons (Fsp3) is 0.385. The Morgan fingerprint density at radius 2 is 2.26 bits per heavy atom. The van der Waals surface area contributed by atoms with Crippen molar-refractivity contribution >= 4 is 32.2 Å². The van der Waals surface area contributed by atoms with Gasteiger partial charge in [-0.2, -0.15) is 0 Å². The molecule has 1 aliphatic heterocycles. The zero-order chi connectivity index (χ0) is 16.4. The Morgan fingerprint density at radius 3 is 3.04 bits per heavy atom. The summed E-state index contributed by atoms with van der Waals surface area (Å²) in [5.74, 6) is 0.677. The molecule has 0 atom stereocenters. The van der Waals surface area contributed by atoms with Gasteiger partial charge in [0, 0.05) is 14.2 Å². The van der Waals surface area contributed by atoms with Crippen LogP contribution in [-0.4, -0.2) is 45.9 Å². The molecule has 1 aromatic heterocycles. The van der Waals surface area contributed by atoms with Gasteiger partial charge in [0.1, 0.15) is 24.0 Å². The summed E-state index contributed by atoms with van der Waals surface area (Å²) in [6.07, 6.45) is 0. The van der Waals surface area contributed by atoms with Crippen molar-refractivity contribution in [1.29, 1.82) is 0 Å². The van der Waals surface area contributed by atoms with Gasteiger partial charge in [0.15, 0.2) is 0 Å². The van der Waals surface area contributed by atoms with Crippen LogP contribution in [0.1, 0.15) is 5.01 Å². The maximum atomic E-state index is 12.5. The number of anilines is 2. The van der Waals surface area contributed by atoms with Crippen LogP contribution in [0.5, 0.6) is 5.75 Å². The molecule has 0 radical (unpaired) electrons. The zero-order valence-electron chi connectivity index (χ0n) is 12.6. The molecule has 1 aliphatic rings. The van der Waals surface area contributed by atoms with Crippen molar-refractivity contribution in [2.45, 2.75) is 11.5 Å². The normalized spacial score (nSPS) is 14.3. The third-order valence-corrected chi connectivity index (χ3v) is 5.57. The molecule has 1 aromatic carbocycles. The molecule has 1 N–H and O–H groups in total. The summed E-state index contributed by atoms with van der Waals surface area (Å²) in [6.45, 7) is 1.59. The molecule has 3 rings (SSSR count). The zero-order valence-corrected chi connectivity index (χ0v) is 14.3. The predicted molar refractivity (Wildman–Crippen MR) is 86.6 cm³/mol. The Morgan fingerprint density at radius 1 is 1.43 bits per heavy atom. The van der Waals surface area contributed by atoms with Gasteiger partial charge in [0.25, 0.3) is 10.0 Å². The number of hydrogen-bond donors (Lipinski definition) is 1. The van der Waals surface area contributed by atoms with Crippen molar-refractivity contribution in [3.05, 3.63) is 23.2 Å². The number of aromatic nitrogens is 2. The maximum Gasteiger partial charge on any atom is 0.263 e. The summed E-state index contributed by atoms with van der Waals surface area (Å²) in [5.41, 5.74) is 0.747. The van der Waals surface area contributed by atoms with E-state index in [4.69, 9.17) is 9.47 Å². The molecule has 0 amide bonds. The van der Waals surface area contributed by atoms with Crippen molar-refractivity contribution in [3.63, 3.8) is 0 Å². The topological polar surface area (TPSA) is 93.7 Å². The van der Waals surface area contributed by atoms with E-state index >= 15 is 0 Å². The fourth-order valence-electron chi connectivity index (χ4n) is 2.15. The van der Waals surface area contributed by atoms with E-state index < -0.39 is 10.0 Å². The van der Waals surface area contributed by atoms with Gasteiger partial charge >= 0.3 is 0 Å². The van der Waals surface area contributed by atoms with E-state index in [9.17, 15) is 8.42 Å². The SMILES string of the molecule is COCc1nnc(NS(=O)(=O)c2ccc3c(c2)N(C)CCO3)s1. The molecular formula is C13H16N4O4S2. The number of nitrogens with one attached hydrogen (secondary N) is 1. The van der Waals surface area contributed by atoms with Crippen molar-refractivity contribution < 1.29 is 17.9 Å². The van der Waals surface area contributed by atoms with Crippen molar-refractivity contribution in [2.24, 2.45) is 0 Å². The lowest BCUT2D eigenvalue weighted by Gasteiger charge is -2.27. The van der Waals surface area contributed by atoms with Crippen LogP contribution < -0.4 is 14.4 Å². The maximum absolute atomic E-state index is 12.5. The van der Waals surface area contributed by atoms with Crippen LogP contribution >= 0.6 is 11.3 Å². The number of methoxy groups -OCH3 is 1. The van der Waals surface area contributed by atoms with Gasteiger partial charge in [-0.25, -0.2) is 8.42 Å². The molecule has 0 saturated heterocycles. The Hall–Kier alpha value is -1.91. The van der Waals surface area contributed by atoms with Gasteiger partial charge < -0.3 is 14.4 Å². The lowest BCUT2D eigenvalue weighted by atomic mass is 10.2. The molecule has 0 bridgehead atoms. The average Bonchev–Trinajstić information content (AvgIpc) is 2.94. The summed E-state index contributed by atoms with van der Waals surface area (Å²) < 4.78 is 37.9. The first-order valence-corrected chi connectivity index (χ1v) is 9.12. The number of nitrogens with zero attached hydrogens (tertiary/aromatic N) is 3. The standard InChI is InChI=1S/C13H16N4O4S2/c1-17-5-6-21-11-4-3-9(7-10(11)17)23(18,19)16-13-15-14-12(22-13)8-20-2/h3-4,7H,5-6,8H2,1-2H3,(H,15,16). The van der Waals surface area contributed by atoms with Gasteiger partial charge in [-0.15, -0.1) is 10.2 Å². The Kier molecular flexibility index (Phi) is 4.37. The first-order valence-electron chi connectivity index (χ1n) is 6.82. The number of fused-ring (bicyclic) bond motifs is 1. The summed E-state index contributed by atoms with van der Waals surface area (Å²) in [6, 6.07) is 4.77. The van der Waals surface area contributed by atoms with E-state index in [0.29, 0.717) is 30.5 Å². The summed E-state index contributed by atoms with van der Waals surface area (Å²) >= 11 is 1.14. The highest BCUT2D eigenvalue weighted by atomic mass is 32.2. The molecule has 8 nitrogen and oxygen atoms in total. The molecule has 0 saturated carbocycles. The largest absolute Gasteiger partial charge is 0.490 e. The number of benzene rings is 1. The Bertz CT molecular complexity index is 806. The minimum atomic E-state index is -3.74. The van der Waals surface area contributed by atoms with Crippen LogP contribution in [0.15, 0.2) is 23.1 Å². The highest BCUT2D eigenvalue weighted by Gasteiger charge is 2.22. The number of sulfonamides is 1. The van der Waals surface area contributed by atoms with Crippen molar-refractivity contribution in [3.8, 4) is 5.75 Å². The molecule has 0 aliphatic carbocycles. The van der Waals surface area contributed by atoms with Crippen LogP contribution in [-0.2, 0) is 21.4 Å². The van der Waals surface area contributed by atoms with Crippen LogP contribution in [0.4, 0.5) is 10.8 Å². The van der Waals surface area contributed by atoms with E-state index in [1.165, 1.54) is 13.2 Å². The molecule has 2 aromatic rings. The van der Waals surface area contributed by atoms with Gasteiger partial charge in [0.05, 0.1) is 17.1 Å². The van der Waals surface area contributed by atoms with Gasteiger partial charge in [0.2, 0.25) is 5.13 Å². The average molecular weight is 356 g/mol. The second-order valence-corrected chi connectivity index (χ2v) is 7.68. The minimum Gasteiger partial charge on any atom is -0.490 e. The quantitative estimate of drug-likeness (QED) is 0.863. The van der Waals surface area contributed by atoms with E-state index in [1.54, 1.807) is 12.1 Å². The first kappa shape index (κ1) is 16.0. The molecule has 0 spiro atoms. The molecule has 124 valence electrons. The van der Waals surface area contributed by atoms with Crippen LogP contribution in [0, 0.1) is 0 Å². The van der Waals surface area contributed by atoms with E-state index in [-0.39, 0.29) is 10.0 Å². The van der Waals surface area contributed by atoms with Gasteiger partial charge in [-0.1, -0.05) is 11.3 Å². The van der Waals surface area contributed by atoms with Crippen LogP contribution in [0.2, 0.25) is 0 Å². The number of likely N-dealkylation sites (N-methyl/N-ethyl adjacent to an activating group) is 1. The lowest BCUT2D eigenvalue weighted by Crippen LogP contribution is -2.29. The Labute approximate surface area is 138 Å². The summed E-state index contributed by atoms with van der Waals surface area (Å²) in [5, 5.41) is 8.47. The lowest BCUT2D eigenvalue weighted by molar-refractivity contribution is 0.184.